The van der Waals surface area contributed by atoms with E-state index in [4.69, 9.17) is 14.2 Å². The second-order valence-corrected chi connectivity index (χ2v) is 8.71. The van der Waals surface area contributed by atoms with Crippen LogP contribution in [0.15, 0.2) is 11.6 Å². The second kappa shape index (κ2) is 5.28. The first kappa shape index (κ1) is 17.5. The minimum atomic E-state index is -0.609. The molecular weight excluding hydrogens is 322 g/mol. The van der Waals surface area contributed by atoms with E-state index in [1.165, 1.54) is 12.5 Å². The van der Waals surface area contributed by atoms with Crippen molar-refractivity contribution in [3.63, 3.8) is 0 Å². The Balaban J connectivity index is 1.85. The van der Waals surface area contributed by atoms with Gasteiger partial charge >= 0.3 is 5.97 Å². The zero-order valence-electron chi connectivity index (χ0n) is 15.7. The third kappa shape index (κ3) is 1.97. The fourth-order valence-electron chi connectivity index (χ4n) is 5.81. The van der Waals surface area contributed by atoms with Crippen LogP contribution in [0.4, 0.5) is 0 Å². The molecule has 6 heteroatoms. The van der Waals surface area contributed by atoms with Crippen LogP contribution in [0.3, 0.4) is 0 Å². The Kier molecular flexibility index (Phi) is 3.69. The standard InChI is InChI=1S/C19H29NO5/c1-11-6-7-18(9-23-12(2)21)13(8-11)25-16-14(20(4)5)15(22)17(18,3)19(16)10-24-19/h8,13-16,22H,6-7,9-10H2,1-5H3/t13-,14-,15+,16-,17-,18-,19-/m0/s1. The van der Waals surface area contributed by atoms with Crippen LogP contribution in [-0.2, 0) is 19.0 Å². The van der Waals surface area contributed by atoms with Gasteiger partial charge < -0.3 is 24.2 Å². The lowest BCUT2D eigenvalue weighted by atomic mass is 9.51. The van der Waals surface area contributed by atoms with E-state index in [-0.39, 0.29) is 30.8 Å². The predicted molar refractivity (Wildman–Crippen MR) is 91.0 cm³/mol. The van der Waals surface area contributed by atoms with Crippen LogP contribution in [0.2, 0.25) is 0 Å². The summed E-state index contributed by atoms with van der Waals surface area (Å²) in [6.07, 6.45) is 2.93. The van der Waals surface area contributed by atoms with Crippen molar-refractivity contribution in [3.8, 4) is 0 Å². The summed E-state index contributed by atoms with van der Waals surface area (Å²) in [6, 6.07) is -0.138. The summed E-state index contributed by atoms with van der Waals surface area (Å²) in [4.78, 5) is 13.6. The molecule has 0 unspecified atom stereocenters. The molecule has 0 radical (unpaired) electrons. The Bertz CT molecular complexity index is 627. The van der Waals surface area contributed by atoms with E-state index in [0.717, 1.165) is 12.8 Å². The summed E-state index contributed by atoms with van der Waals surface area (Å²) < 4.78 is 18.1. The van der Waals surface area contributed by atoms with Crippen molar-refractivity contribution in [2.45, 2.75) is 63.6 Å². The second-order valence-electron chi connectivity index (χ2n) is 8.71. The molecule has 25 heavy (non-hydrogen) atoms. The van der Waals surface area contributed by atoms with Gasteiger partial charge in [-0.1, -0.05) is 18.6 Å². The number of hydrogen-bond acceptors (Lipinski definition) is 6. The monoisotopic (exact) mass is 351 g/mol. The smallest absolute Gasteiger partial charge is 0.302 e. The van der Waals surface area contributed by atoms with E-state index < -0.39 is 22.5 Å². The summed E-state index contributed by atoms with van der Waals surface area (Å²) in [6.45, 7) is 6.51. The summed E-state index contributed by atoms with van der Waals surface area (Å²) in [7, 11) is 3.95. The highest BCUT2D eigenvalue weighted by Gasteiger charge is 2.84. The van der Waals surface area contributed by atoms with Crippen molar-refractivity contribution in [2.75, 3.05) is 27.3 Å². The fraction of sp³-hybridized carbons (Fsp3) is 0.842. The maximum atomic E-state index is 11.6. The minimum Gasteiger partial charge on any atom is -0.465 e. The molecule has 1 saturated carbocycles. The van der Waals surface area contributed by atoms with Gasteiger partial charge in [0, 0.05) is 17.8 Å². The third-order valence-corrected chi connectivity index (χ3v) is 7.42. The number of epoxide rings is 1. The van der Waals surface area contributed by atoms with Crippen molar-refractivity contribution < 1.29 is 24.1 Å². The van der Waals surface area contributed by atoms with Gasteiger partial charge in [-0.25, -0.2) is 0 Å². The lowest BCUT2D eigenvalue weighted by Crippen LogP contribution is -2.66. The molecule has 0 aromatic carbocycles. The number of allylic oxidation sites excluding steroid dienone is 1. The molecule has 0 amide bonds. The van der Waals surface area contributed by atoms with Crippen LogP contribution < -0.4 is 0 Å². The lowest BCUT2D eigenvalue weighted by molar-refractivity contribution is -0.230. The Morgan fingerprint density at radius 3 is 2.72 bits per heavy atom. The van der Waals surface area contributed by atoms with Gasteiger partial charge in [-0.3, -0.25) is 4.79 Å². The van der Waals surface area contributed by atoms with E-state index in [1.54, 1.807) is 0 Å². The van der Waals surface area contributed by atoms with E-state index in [9.17, 15) is 9.90 Å². The largest absolute Gasteiger partial charge is 0.465 e. The van der Waals surface area contributed by atoms with E-state index in [2.05, 4.69) is 19.9 Å². The average Bonchev–Trinajstić information content (AvgIpc) is 3.30. The van der Waals surface area contributed by atoms with Gasteiger partial charge in [-0.15, -0.1) is 0 Å². The highest BCUT2D eigenvalue weighted by atomic mass is 16.6. The maximum absolute atomic E-state index is 11.6. The van der Waals surface area contributed by atoms with Gasteiger partial charge in [0.1, 0.15) is 18.3 Å². The fourth-order valence-corrected chi connectivity index (χ4v) is 5.81. The number of fused-ring (bicyclic) bond motifs is 2. The SMILES string of the molecule is CC(=O)OC[C@@]12CCC(C)=C[C@@H]1O[C@H]1[C@@H](N(C)C)[C@@H](O)[C@]2(C)[C@]12CO2. The highest BCUT2D eigenvalue weighted by molar-refractivity contribution is 5.66. The molecule has 3 fully saturated rings. The Morgan fingerprint density at radius 2 is 2.16 bits per heavy atom. The zero-order valence-corrected chi connectivity index (χ0v) is 15.7. The van der Waals surface area contributed by atoms with E-state index >= 15 is 0 Å². The van der Waals surface area contributed by atoms with Crippen molar-refractivity contribution in [2.24, 2.45) is 10.8 Å². The highest BCUT2D eigenvalue weighted by Crippen LogP contribution is 2.71. The van der Waals surface area contributed by atoms with Crippen LogP contribution in [0.25, 0.3) is 0 Å². The van der Waals surface area contributed by atoms with Crippen molar-refractivity contribution in [1.82, 2.24) is 4.90 Å². The van der Waals surface area contributed by atoms with Gasteiger partial charge in [-0.2, -0.15) is 0 Å². The van der Waals surface area contributed by atoms with Crippen LogP contribution in [-0.4, -0.2) is 73.2 Å². The number of esters is 1. The number of aliphatic hydroxyl groups excluding tert-OH is 1. The number of hydrogen-bond donors (Lipinski definition) is 1. The summed E-state index contributed by atoms with van der Waals surface area (Å²) in [5.74, 6) is -0.299. The molecule has 140 valence electrons. The van der Waals surface area contributed by atoms with Gasteiger partial charge in [-0.05, 0) is 33.9 Å². The molecule has 0 aromatic rings. The zero-order chi connectivity index (χ0) is 18.2. The molecule has 2 heterocycles. The Hall–Kier alpha value is -0.950. The molecule has 2 saturated heterocycles. The number of carbonyl (C=O) groups excluding carboxylic acids is 1. The first-order chi connectivity index (χ1) is 11.7. The molecule has 4 aliphatic rings. The van der Waals surface area contributed by atoms with Crippen LogP contribution in [0, 0.1) is 10.8 Å². The molecule has 4 rings (SSSR count). The number of carbonyl (C=O) groups is 1. The molecule has 7 atom stereocenters. The predicted octanol–water partition coefficient (Wildman–Crippen LogP) is 1.12. The summed E-state index contributed by atoms with van der Waals surface area (Å²) in [5.41, 5.74) is -0.211. The van der Waals surface area contributed by atoms with Crippen LogP contribution in [0.1, 0.15) is 33.6 Å². The summed E-state index contributed by atoms with van der Waals surface area (Å²) >= 11 is 0. The van der Waals surface area contributed by atoms with Crippen LogP contribution >= 0.6 is 0 Å². The molecule has 1 N–H and O–H groups in total. The lowest BCUT2D eigenvalue weighted by Gasteiger charge is -2.58. The van der Waals surface area contributed by atoms with Gasteiger partial charge in [0.2, 0.25) is 0 Å². The van der Waals surface area contributed by atoms with Crippen molar-refractivity contribution in [1.29, 1.82) is 0 Å². The minimum absolute atomic E-state index is 0.138. The number of nitrogens with zero attached hydrogens (tertiary/aromatic N) is 1. The molecular formula is C19H29NO5. The quantitative estimate of drug-likeness (QED) is 0.467. The topological polar surface area (TPSA) is 71.5 Å². The van der Waals surface area contributed by atoms with Gasteiger partial charge in [0.25, 0.3) is 0 Å². The Labute approximate surface area is 149 Å². The normalized spacial score (nSPS) is 50.6. The van der Waals surface area contributed by atoms with Crippen LogP contribution in [0.5, 0.6) is 0 Å². The number of ether oxygens (including phenoxy) is 3. The van der Waals surface area contributed by atoms with Gasteiger partial charge in [0.15, 0.2) is 0 Å². The Morgan fingerprint density at radius 1 is 1.48 bits per heavy atom. The molecule has 1 spiro atoms. The molecule has 2 aliphatic heterocycles. The van der Waals surface area contributed by atoms with Gasteiger partial charge in [0.05, 0.1) is 24.9 Å². The number of aliphatic hydroxyl groups is 1. The molecule has 6 nitrogen and oxygen atoms in total. The molecule has 2 bridgehead atoms. The van der Waals surface area contributed by atoms with E-state index in [1.807, 2.05) is 19.0 Å². The first-order valence-corrected chi connectivity index (χ1v) is 9.14. The van der Waals surface area contributed by atoms with Crippen molar-refractivity contribution in [3.05, 3.63) is 11.6 Å². The number of rotatable bonds is 3. The number of likely N-dealkylation sites (N-methyl/N-ethyl adjacent to an activating group) is 1. The first-order valence-electron chi connectivity index (χ1n) is 9.14. The molecule has 0 aromatic heterocycles. The maximum Gasteiger partial charge on any atom is 0.302 e. The molecule has 2 aliphatic carbocycles. The van der Waals surface area contributed by atoms with E-state index in [0.29, 0.717) is 6.61 Å². The third-order valence-electron chi connectivity index (χ3n) is 7.42. The average molecular weight is 351 g/mol. The summed E-state index contributed by atoms with van der Waals surface area (Å²) in [5, 5.41) is 11.4. The van der Waals surface area contributed by atoms with Crippen molar-refractivity contribution >= 4 is 5.97 Å².